The molecule has 0 atom stereocenters. The van der Waals surface area contributed by atoms with Gasteiger partial charge in [0, 0.05) is 10.4 Å². The summed E-state index contributed by atoms with van der Waals surface area (Å²) in [6.07, 6.45) is 1.42. The molecule has 0 unspecified atom stereocenters. The van der Waals surface area contributed by atoms with Crippen LogP contribution in [0.25, 0.3) is 10.4 Å². The summed E-state index contributed by atoms with van der Waals surface area (Å²) in [5.41, 5.74) is 2.13. The van der Waals surface area contributed by atoms with Gasteiger partial charge in [-0.1, -0.05) is 12.1 Å². The number of carbonyl (C=O) groups excluding carboxylic acids is 2. The van der Waals surface area contributed by atoms with Crippen molar-refractivity contribution in [3.05, 3.63) is 59.4 Å². The standard InChI is InChI=1S/C19H17NO5S/c1-12-5-6-15(23-2)14(10-12)20-17(21)11-25-19(22)18-13(7-8-24-18)16-4-3-9-26-16/h3-10H,11H2,1-2H3,(H,20,21). The van der Waals surface area contributed by atoms with Crippen molar-refractivity contribution in [2.24, 2.45) is 0 Å². The van der Waals surface area contributed by atoms with Gasteiger partial charge in [-0.05, 0) is 42.1 Å². The van der Waals surface area contributed by atoms with Crippen LogP contribution in [0.2, 0.25) is 0 Å². The number of amides is 1. The number of rotatable bonds is 6. The average Bonchev–Trinajstić information content (AvgIpc) is 3.30. The number of benzene rings is 1. The summed E-state index contributed by atoms with van der Waals surface area (Å²) in [6, 6.07) is 10.9. The van der Waals surface area contributed by atoms with Gasteiger partial charge in [-0.15, -0.1) is 11.3 Å². The van der Waals surface area contributed by atoms with Gasteiger partial charge >= 0.3 is 5.97 Å². The van der Waals surface area contributed by atoms with E-state index in [0.717, 1.165) is 10.4 Å². The van der Waals surface area contributed by atoms with Crippen LogP contribution in [0.4, 0.5) is 5.69 Å². The first-order valence-corrected chi connectivity index (χ1v) is 8.69. The molecule has 0 bridgehead atoms. The molecule has 0 saturated carbocycles. The Hall–Kier alpha value is -3.06. The zero-order valence-electron chi connectivity index (χ0n) is 14.3. The summed E-state index contributed by atoms with van der Waals surface area (Å²) in [5.74, 6) is -0.550. The van der Waals surface area contributed by atoms with Crippen molar-refractivity contribution in [1.29, 1.82) is 0 Å². The topological polar surface area (TPSA) is 77.8 Å². The van der Waals surface area contributed by atoms with E-state index in [1.807, 2.05) is 30.5 Å². The number of esters is 1. The number of anilines is 1. The maximum atomic E-state index is 12.2. The predicted octanol–water partition coefficient (Wildman–Crippen LogP) is 4.12. The van der Waals surface area contributed by atoms with Gasteiger partial charge in [0.1, 0.15) is 5.75 Å². The number of hydrogen-bond acceptors (Lipinski definition) is 6. The molecule has 2 heterocycles. The fourth-order valence-electron chi connectivity index (χ4n) is 2.40. The van der Waals surface area contributed by atoms with Crippen molar-refractivity contribution in [2.45, 2.75) is 6.92 Å². The van der Waals surface area contributed by atoms with Crippen molar-refractivity contribution in [3.8, 4) is 16.2 Å². The molecule has 134 valence electrons. The molecule has 6 nitrogen and oxygen atoms in total. The summed E-state index contributed by atoms with van der Waals surface area (Å²) in [6.45, 7) is 1.47. The van der Waals surface area contributed by atoms with E-state index in [-0.39, 0.29) is 5.76 Å². The summed E-state index contributed by atoms with van der Waals surface area (Å²) in [5, 5.41) is 4.58. The molecule has 7 heteroatoms. The molecular formula is C19H17NO5S. The first-order chi connectivity index (χ1) is 12.6. The van der Waals surface area contributed by atoms with E-state index < -0.39 is 18.5 Å². The normalized spacial score (nSPS) is 10.4. The number of furan rings is 1. The molecule has 2 aromatic heterocycles. The molecule has 26 heavy (non-hydrogen) atoms. The molecule has 0 fully saturated rings. The van der Waals surface area contributed by atoms with Gasteiger partial charge in [0.2, 0.25) is 5.76 Å². The minimum absolute atomic E-state index is 0.0772. The van der Waals surface area contributed by atoms with Crippen LogP contribution in [0.5, 0.6) is 5.75 Å². The zero-order valence-corrected chi connectivity index (χ0v) is 15.1. The second-order valence-electron chi connectivity index (χ2n) is 5.47. The van der Waals surface area contributed by atoms with Gasteiger partial charge in [0.05, 0.1) is 19.1 Å². The molecule has 0 aliphatic carbocycles. The number of aryl methyl sites for hydroxylation is 1. The third-order valence-corrected chi connectivity index (χ3v) is 4.50. The summed E-state index contributed by atoms with van der Waals surface area (Å²) >= 11 is 1.48. The molecule has 1 N–H and O–H groups in total. The summed E-state index contributed by atoms with van der Waals surface area (Å²) < 4.78 is 15.5. The summed E-state index contributed by atoms with van der Waals surface area (Å²) in [7, 11) is 1.52. The minimum atomic E-state index is -0.690. The highest BCUT2D eigenvalue weighted by molar-refractivity contribution is 7.13. The van der Waals surface area contributed by atoms with E-state index in [2.05, 4.69) is 5.32 Å². The Morgan fingerprint density at radius 2 is 2.08 bits per heavy atom. The zero-order chi connectivity index (χ0) is 18.5. The van der Waals surface area contributed by atoms with Crippen molar-refractivity contribution in [2.75, 3.05) is 19.0 Å². The van der Waals surface area contributed by atoms with E-state index in [9.17, 15) is 9.59 Å². The number of thiophene rings is 1. The van der Waals surface area contributed by atoms with Crippen LogP contribution in [0.3, 0.4) is 0 Å². The maximum Gasteiger partial charge on any atom is 0.375 e. The highest BCUT2D eigenvalue weighted by Gasteiger charge is 2.20. The number of hydrogen-bond donors (Lipinski definition) is 1. The predicted molar refractivity (Wildman–Crippen MR) is 98.7 cm³/mol. The van der Waals surface area contributed by atoms with Crippen molar-refractivity contribution < 1.29 is 23.5 Å². The number of ether oxygens (including phenoxy) is 2. The average molecular weight is 371 g/mol. The molecule has 0 spiro atoms. The van der Waals surface area contributed by atoms with Crippen molar-refractivity contribution in [1.82, 2.24) is 0 Å². The molecular weight excluding hydrogens is 354 g/mol. The van der Waals surface area contributed by atoms with Gasteiger partial charge in [-0.3, -0.25) is 4.79 Å². The van der Waals surface area contributed by atoms with Gasteiger partial charge in [0.25, 0.3) is 5.91 Å². The van der Waals surface area contributed by atoms with Crippen LogP contribution in [0.15, 0.2) is 52.5 Å². The second kappa shape index (κ2) is 7.88. The molecule has 1 aromatic carbocycles. The van der Waals surface area contributed by atoms with Gasteiger partial charge in [-0.2, -0.15) is 0 Å². The van der Waals surface area contributed by atoms with Crippen molar-refractivity contribution in [3.63, 3.8) is 0 Å². The first-order valence-electron chi connectivity index (χ1n) is 7.81. The summed E-state index contributed by atoms with van der Waals surface area (Å²) in [4.78, 5) is 25.2. The first kappa shape index (κ1) is 17.8. The monoisotopic (exact) mass is 371 g/mol. The smallest absolute Gasteiger partial charge is 0.375 e. The quantitative estimate of drug-likeness (QED) is 0.660. The molecule has 0 aliphatic rings. The fraction of sp³-hybridized carbons (Fsp3) is 0.158. The van der Waals surface area contributed by atoms with E-state index in [1.165, 1.54) is 24.7 Å². The molecule has 3 aromatic rings. The van der Waals surface area contributed by atoms with E-state index in [0.29, 0.717) is 17.0 Å². The van der Waals surface area contributed by atoms with Gasteiger partial charge < -0.3 is 19.2 Å². The SMILES string of the molecule is COc1ccc(C)cc1NC(=O)COC(=O)c1occc1-c1cccs1. The highest BCUT2D eigenvalue weighted by Crippen LogP contribution is 2.29. The number of methoxy groups -OCH3 is 1. The second-order valence-corrected chi connectivity index (χ2v) is 6.42. The van der Waals surface area contributed by atoms with E-state index in [4.69, 9.17) is 13.9 Å². The van der Waals surface area contributed by atoms with E-state index >= 15 is 0 Å². The highest BCUT2D eigenvalue weighted by atomic mass is 32.1. The lowest BCUT2D eigenvalue weighted by Crippen LogP contribution is -2.21. The lowest BCUT2D eigenvalue weighted by atomic mass is 10.2. The van der Waals surface area contributed by atoms with E-state index in [1.54, 1.807) is 18.2 Å². The third kappa shape index (κ3) is 3.94. The maximum absolute atomic E-state index is 12.2. The molecule has 0 saturated heterocycles. The lowest BCUT2D eigenvalue weighted by Gasteiger charge is -2.11. The number of carbonyl (C=O) groups is 2. The van der Waals surface area contributed by atoms with Crippen LogP contribution in [-0.2, 0) is 9.53 Å². The van der Waals surface area contributed by atoms with Crippen LogP contribution < -0.4 is 10.1 Å². The van der Waals surface area contributed by atoms with Crippen LogP contribution in [-0.4, -0.2) is 25.6 Å². The Morgan fingerprint density at radius 3 is 2.81 bits per heavy atom. The third-order valence-electron chi connectivity index (χ3n) is 3.60. The molecule has 3 rings (SSSR count). The Kier molecular flexibility index (Phi) is 5.38. The Bertz CT molecular complexity index is 914. The Labute approximate surface area is 154 Å². The van der Waals surface area contributed by atoms with Gasteiger partial charge in [-0.25, -0.2) is 4.79 Å². The van der Waals surface area contributed by atoms with Crippen LogP contribution >= 0.6 is 11.3 Å². The Balaban J connectivity index is 1.63. The van der Waals surface area contributed by atoms with Crippen molar-refractivity contribution >= 4 is 28.9 Å². The Morgan fingerprint density at radius 1 is 1.23 bits per heavy atom. The molecule has 0 radical (unpaired) electrons. The van der Waals surface area contributed by atoms with Crippen LogP contribution in [0.1, 0.15) is 16.1 Å². The van der Waals surface area contributed by atoms with Crippen LogP contribution in [0, 0.1) is 6.92 Å². The minimum Gasteiger partial charge on any atom is -0.495 e. The number of nitrogens with one attached hydrogen (secondary N) is 1. The lowest BCUT2D eigenvalue weighted by molar-refractivity contribution is -0.119. The largest absolute Gasteiger partial charge is 0.495 e. The molecule has 1 amide bonds. The molecule has 0 aliphatic heterocycles. The fourth-order valence-corrected chi connectivity index (χ4v) is 3.14. The van der Waals surface area contributed by atoms with Gasteiger partial charge in [0.15, 0.2) is 6.61 Å².